The molecular formula is C22H29NO4. The highest BCUT2D eigenvalue weighted by Crippen LogP contribution is 2.61. The molecule has 4 aliphatic carbocycles. The van der Waals surface area contributed by atoms with Gasteiger partial charge in [0.2, 0.25) is 0 Å². The van der Waals surface area contributed by atoms with E-state index < -0.39 is 6.10 Å². The molecule has 0 spiro atoms. The van der Waals surface area contributed by atoms with Gasteiger partial charge < -0.3 is 14.8 Å². The van der Waals surface area contributed by atoms with Crippen molar-refractivity contribution in [2.24, 2.45) is 23.2 Å². The van der Waals surface area contributed by atoms with Gasteiger partial charge in [-0.1, -0.05) is 6.07 Å². The van der Waals surface area contributed by atoms with E-state index in [0.717, 1.165) is 17.8 Å². The van der Waals surface area contributed by atoms with Crippen LogP contribution >= 0.6 is 0 Å². The third kappa shape index (κ3) is 3.97. The molecule has 4 bridgehead atoms. The molecule has 1 N–H and O–H groups in total. The van der Waals surface area contributed by atoms with E-state index in [2.05, 4.69) is 5.32 Å². The summed E-state index contributed by atoms with van der Waals surface area (Å²) < 4.78 is 10.7. The maximum Gasteiger partial charge on any atom is 0.307 e. The highest BCUT2D eigenvalue weighted by Gasteiger charge is 2.51. The predicted octanol–water partition coefficient (Wildman–Crippen LogP) is 4.17. The lowest BCUT2D eigenvalue weighted by molar-refractivity contribution is -0.160. The van der Waals surface area contributed by atoms with Gasteiger partial charge in [-0.2, -0.15) is 0 Å². The number of ether oxygens (including phenoxy) is 2. The smallest absolute Gasteiger partial charge is 0.307 e. The molecule has 0 saturated heterocycles. The van der Waals surface area contributed by atoms with Gasteiger partial charge in [0, 0.05) is 11.8 Å². The standard InChI is InChI=1S/C22H29NO4/c1-14(21(25)23-18-4-3-5-19(9-18)26-2)27-20(24)13-22-10-15-6-16(11-22)8-17(7-15)12-22/h3-5,9,14-17H,6-8,10-13H2,1-2H3,(H,23,25)/t14-,15?,16?,17?,22?/m0/s1. The zero-order chi connectivity index (χ0) is 19.0. The van der Waals surface area contributed by atoms with Crippen LogP contribution in [0.25, 0.3) is 0 Å². The van der Waals surface area contributed by atoms with Crippen LogP contribution in [0, 0.1) is 23.2 Å². The van der Waals surface area contributed by atoms with Crippen LogP contribution < -0.4 is 10.1 Å². The van der Waals surface area contributed by atoms with Crippen molar-refractivity contribution in [3.63, 3.8) is 0 Å². The molecule has 1 amide bonds. The number of carbonyl (C=O) groups is 2. The minimum atomic E-state index is -0.808. The summed E-state index contributed by atoms with van der Waals surface area (Å²) in [6.45, 7) is 1.63. The molecule has 4 aliphatic rings. The first kappa shape index (κ1) is 18.3. The molecule has 5 rings (SSSR count). The van der Waals surface area contributed by atoms with Gasteiger partial charge in [-0.15, -0.1) is 0 Å². The lowest BCUT2D eigenvalue weighted by Crippen LogP contribution is -2.47. The fourth-order valence-corrected chi connectivity index (χ4v) is 6.05. The van der Waals surface area contributed by atoms with Gasteiger partial charge in [0.15, 0.2) is 6.10 Å². The molecule has 1 aromatic rings. The SMILES string of the molecule is COc1cccc(NC(=O)[C@H](C)OC(=O)CC23CC4CC(CC(C4)C2)C3)c1. The summed E-state index contributed by atoms with van der Waals surface area (Å²) >= 11 is 0. The summed E-state index contributed by atoms with van der Waals surface area (Å²) in [4.78, 5) is 25.0. The topological polar surface area (TPSA) is 64.6 Å². The van der Waals surface area contributed by atoms with E-state index in [1.54, 1.807) is 32.2 Å². The Balaban J connectivity index is 1.32. The third-order valence-electron chi connectivity index (χ3n) is 6.70. The molecule has 27 heavy (non-hydrogen) atoms. The van der Waals surface area contributed by atoms with Crippen molar-refractivity contribution in [2.75, 3.05) is 12.4 Å². The van der Waals surface area contributed by atoms with E-state index in [1.807, 2.05) is 6.07 Å². The normalized spacial score (nSPS) is 32.0. The van der Waals surface area contributed by atoms with Crippen LogP contribution in [0.1, 0.15) is 51.9 Å². The van der Waals surface area contributed by atoms with Crippen molar-refractivity contribution < 1.29 is 19.1 Å². The Morgan fingerprint density at radius 1 is 1.15 bits per heavy atom. The Kier molecular flexibility index (Phi) is 4.87. The molecule has 1 atom stereocenters. The Morgan fingerprint density at radius 2 is 1.78 bits per heavy atom. The van der Waals surface area contributed by atoms with Crippen LogP contribution in [-0.2, 0) is 14.3 Å². The minimum Gasteiger partial charge on any atom is -0.497 e. The first-order chi connectivity index (χ1) is 12.9. The largest absolute Gasteiger partial charge is 0.497 e. The number of amides is 1. The molecule has 5 heteroatoms. The first-order valence-corrected chi connectivity index (χ1v) is 10.1. The molecule has 5 nitrogen and oxygen atoms in total. The number of nitrogens with one attached hydrogen (secondary N) is 1. The number of esters is 1. The summed E-state index contributed by atoms with van der Waals surface area (Å²) in [5.74, 6) is 2.53. The van der Waals surface area contributed by atoms with E-state index in [1.165, 1.54) is 38.5 Å². The summed E-state index contributed by atoms with van der Waals surface area (Å²) in [6.07, 6.45) is 7.22. The maximum atomic E-state index is 12.6. The van der Waals surface area contributed by atoms with Gasteiger partial charge in [-0.3, -0.25) is 9.59 Å². The molecule has 1 aromatic carbocycles. The van der Waals surface area contributed by atoms with E-state index in [9.17, 15) is 9.59 Å². The predicted molar refractivity (Wildman–Crippen MR) is 102 cm³/mol. The Bertz CT molecular complexity index is 693. The highest BCUT2D eigenvalue weighted by atomic mass is 16.5. The first-order valence-electron chi connectivity index (χ1n) is 10.1. The van der Waals surface area contributed by atoms with E-state index in [4.69, 9.17) is 9.47 Å². The Hall–Kier alpha value is -2.04. The molecule has 4 saturated carbocycles. The number of rotatable bonds is 6. The molecular weight excluding hydrogens is 342 g/mol. The van der Waals surface area contributed by atoms with Crippen molar-refractivity contribution in [3.05, 3.63) is 24.3 Å². The van der Waals surface area contributed by atoms with Crippen LogP contribution in [0.4, 0.5) is 5.69 Å². The Labute approximate surface area is 160 Å². The minimum absolute atomic E-state index is 0.134. The molecule has 0 unspecified atom stereocenters. The van der Waals surface area contributed by atoms with Gasteiger partial charge in [-0.25, -0.2) is 0 Å². The average molecular weight is 371 g/mol. The second kappa shape index (κ2) is 7.17. The quantitative estimate of drug-likeness (QED) is 0.762. The maximum absolute atomic E-state index is 12.6. The molecule has 0 heterocycles. The second-order valence-electron chi connectivity index (χ2n) is 8.95. The molecule has 4 fully saturated rings. The summed E-state index contributed by atoms with van der Waals surface area (Å²) in [7, 11) is 1.58. The van der Waals surface area contributed by atoms with Crippen molar-refractivity contribution in [1.29, 1.82) is 0 Å². The fourth-order valence-electron chi connectivity index (χ4n) is 6.05. The monoisotopic (exact) mass is 371 g/mol. The second-order valence-corrected chi connectivity index (χ2v) is 8.95. The van der Waals surface area contributed by atoms with Crippen LogP contribution in [-0.4, -0.2) is 25.1 Å². The van der Waals surface area contributed by atoms with Crippen LogP contribution in [0.3, 0.4) is 0 Å². The van der Waals surface area contributed by atoms with Crippen LogP contribution in [0.2, 0.25) is 0 Å². The van der Waals surface area contributed by atoms with Crippen molar-refractivity contribution >= 4 is 17.6 Å². The van der Waals surface area contributed by atoms with Gasteiger partial charge in [0.25, 0.3) is 5.91 Å². The summed E-state index contributed by atoms with van der Waals surface area (Å²) in [6, 6.07) is 7.13. The molecule has 0 radical (unpaired) electrons. The number of hydrogen-bond acceptors (Lipinski definition) is 4. The van der Waals surface area contributed by atoms with Crippen LogP contribution in [0.5, 0.6) is 5.75 Å². The fraction of sp³-hybridized carbons (Fsp3) is 0.636. The van der Waals surface area contributed by atoms with Crippen LogP contribution in [0.15, 0.2) is 24.3 Å². The summed E-state index contributed by atoms with van der Waals surface area (Å²) in [5.41, 5.74) is 0.762. The summed E-state index contributed by atoms with van der Waals surface area (Å²) in [5, 5.41) is 2.79. The Morgan fingerprint density at radius 3 is 2.37 bits per heavy atom. The number of hydrogen-bond donors (Lipinski definition) is 1. The number of methoxy groups -OCH3 is 1. The molecule has 0 aliphatic heterocycles. The number of carbonyl (C=O) groups excluding carboxylic acids is 2. The third-order valence-corrected chi connectivity index (χ3v) is 6.70. The van der Waals surface area contributed by atoms with Gasteiger partial charge in [0.05, 0.1) is 13.5 Å². The average Bonchev–Trinajstić information content (AvgIpc) is 2.60. The van der Waals surface area contributed by atoms with Crippen molar-refractivity contribution in [2.45, 2.75) is 58.0 Å². The number of anilines is 1. The van der Waals surface area contributed by atoms with E-state index in [0.29, 0.717) is 17.9 Å². The number of benzene rings is 1. The zero-order valence-electron chi connectivity index (χ0n) is 16.2. The van der Waals surface area contributed by atoms with Gasteiger partial charge >= 0.3 is 5.97 Å². The molecule has 0 aromatic heterocycles. The highest BCUT2D eigenvalue weighted by molar-refractivity contribution is 5.95. The van der Waals surface area contributed by atoms with Gasteiger partial charge in [-0.05, 0) is 80.8 Å². The van der Waals surface area contributed by atoms with Gasteiger partial charge in [0.1, 0.15) is 5.75 Å². The zero-order valence-corrected chi connectivity index (χ0v) is 16.2. The molecule has 146 valence electrons. The van der Waals surface area contributed by atoms with E-state index in [-0.39, 0.29) is 17.3 Å². The lowest BCUT2D eigenvalue weighted by Gasteiger charge is -2.56. The van der Waals surface area contributed by atoms with Crippen molar-refractivity contribution in [3.8, 4) is 5.75 Å². The lowest BCUT2D eigenvalue weighted by atomic mass is 9.49. The van der Waals surface area contributed by atoms with E-state index >= 15 is 0 Å². The van der Waals surface area contributed by atoms with Crippen molar-refractivity contribution in [1.82, 2.24) is 0 Å².